The lowest BCUT2D eigenvalue weighted by molar-refractivity contribution is -0.159. The number of hydrogen-bond acceptors (Lipinski definition) is 3. The first-order valence-corrected chi connectivity index (χ1v) is 17.5. The lowest BCUT2D eigenvalue weighted by Crippen LogP contribution is -2.11. The van der Waals surface area contributed by atoms with Crippen LogP contribution in [0.15, 0.2) is 48.6 Å². The molecule has 0 atom stereocenters. The van der Waals surface area contributed by atoms with Crippen LogP contribution in [0.4, 0.5) is 0 Å². The summed E-state index contributed by atoms with van der Waals surface area (Å²) in [5.41, 5.74) is 0. The minimum Gasteiger partial charge on any atom is -0.393 e. The van der Waals surface area contributed by atoms with Crippen LogP contribution in [-0.4, -0.2) is 11.9 Å². The molecule has 0 aliphatic rings. The first-order valence-electron chi connectivity index (χ1n) is 17.5. The molecule has 3 nitrogen and oxygen atoms in total. The van der Waals surface area contributed by atoms with E-state index in [0.717, 1.165) is 44.9 Å². The van der Waals surface area contributed by atoms with Crippen molar-refractivity contribution >= 4 is 11.9 Å². The van der Waals surface area contributed by atoms with Gasteiger partial charge >= 0.3 is 11.9 Å². The Balaban J connectivity index is 3.47. The van der Waals surface area contributed by atoms with Crippen LogP contribution in [-0.2, 0) is 14.3 Å². The van der Waals surface area contributed by atoms with Crippen LogP contribution in [0.3, 0.4) is 0 Å². The quantitative estimate of drug-likeness (QED) is 0.0373. The maximum absolute atomic E-state index is 11.9. The Labute approximate surface area is 255 Å². The van der Waals surface area contributed by atoms with Crippen molar-refractivity contribution in [3.8, 4) is 0 Å². The van der Waals surface area contributed by atoms with E-state index in [9.17, 15) is 9.59 Å². The van der Waals surface area contributed by atoms with Crippen LogP contribution >= 0.6 is 0 Å². The highest BCUT2D eigenvalue weighted by Crippen LogP contribution is 2.14. The van der Waals surface area contributed by atoms with Crippen molar-refractivity contribution in [2.24, 2.45) is 0 Å². The van der Waals surface area contributed by atoms with Crippen LogP contribution in [0.2, 0.25) is 0 Å². The highest BCUT2D eigenvalue weighted by molar-refractivity contribution is 5.85. The molecule has 0 aliphatic heterocycles. The summed E-state index contributed by atoms with van der Waals surface area (Å²) in [6.45, 7) is 4.51. The molecule has 0 heterocycles. The first-order chi connectivity index (χ1) is 20.2. The standard InChI is InChI=1S/C38H66O3/c1-3-5-7-9-11-13-15-17-19-20-22-24-26-28-30-32-34-36-38(40)41-37(39)35-33-31-29-27-25-23-21-18-16-14-12-10-8-6-4-2/h11,13,17,19,22,24,28,30H,3-10,12,14-16,18,20-21,23,25-27,29,31-36H2,1-2H3/b13-11-,19-17-,24-22-,30-28-. The van der Waals surface area contributed by atoms with Gasteiger partial charge in [0.25, 0.3) is 0 Å². The molecule has 0 unspecified atom stereocenters. The molecular weight excluding hydrogens is 504 g/mol. The third-order valence-corrected chi connectivity index (χ3v) is 7.42. The summed E-state index contributed by atoms with van der Waals surface area (Å²) in [6.07, 6.45) is 47.3. The minimum absolute atomic E-state index is 0.308. The number of esters is 2. The molecule has 0 aromatic rings. The van der Waals surface area contributed by atoms with Gasteiger partial charge in [-0.25, -0.2) is 0 Å². The van der Waals surface area contributed by atoms with Crippen LogP contribution < -0.4 is 0 Å². The zero-order valence-electron chi connectivity index (χ0n) is 27.2. The van der Waals surface area contributed by atoms with Crippen molar-refractivity contribution < 1.29 is 14.3 Å². The maximum Gasteiger partial charge on any atom is 0.313 e. The normalized spacial score (nSPS) is 12.0. The smallest absolute Gasteiger partial charge is 0.313 e. The Morgan fingerprint density at radius 1 is 0.390 bits per heavy atom. The number of allylic oxidation sites excluding steroid dienone is 8. The fourth-order valence-corrected chi connectivity index (χ4v) is 4.79. The number of unbranched alkanes of at least 4 members (excludes halogenated alkanes) is 18. The first kappa shape index (κ1) is 39.1. The van der Waals surface area contributed by atoms with E-state index in [1.54, 1.807) is 0 Å². The van der Waals surface area contributed by atoms with Gasteiger partial charge in [0.05, 0.1) is 0 Å². The summed E-state index contributed by atoms with van der Waals surface area (Å²) < 4.78 is 4.97. The second-order valence-corrected chi connectivity index (χ2v) is 11.5. The molecule has 0 saturated carbocycles. The number of hydrogen-bond donors (Lipinski definition) is 0. The minimum atomic E-state index is -0.383. The molecule has 0 bridgehead atoms. The SMILES string of the molecule is CCCCC/C=C\C/C=C\C/C=C\C/C=C\CCCC(=O)OC(=O)CCCCCCCCCCCCCCCCC. The molecule has 0 radical (unpaired) electrons. The van der Waals surface area contributed by atoms with Gasteiger partial charge < -0.3 is 4.74 Å². The van der Waals surface area contributed by atoms with Crippen LogP contribution in [0.5, 0.6) is 0 Å². The molecule has 0 aromatic carbocycles. The molecule has 0 N–H and O–H groups in total. The summed E-state index contributed by atoms with van der Waals surface area (Å²) in [5.74, 6) is -0.741. The molecule has 236 valence electrons. The number of ether oxygens (including phenoxy) is 1. The van der Waals surface area contributed by atoms with E-state index in [1.807, 2.05) is 0 Å². The summed E-state index contributed by atoms with van der Waals surface area (Å²) in [6, 6.07) is 0. The zero-order chi connectivity index (χ0) is 29.9. The Morgan fingerprint density at radius 3 is 1.15 bits per heavy atom. The molecule has 3 heteroatoms. The Morgan fingerprint density at radius 2 is 0.707 bits per heavy atom. The number of carbonyl (C=O) groups is 2. The summed E-state index contributed by atoms with van der Waals surface area (Å²) >= 11 is 0. The molecule has 0 amide bonds. The molecule has 0 saturated heterocycles. The van der Waals surface area contributed by atoms with E-state index in [4.69, 9.17) is 4.74 Å². The average molecular weight is 571 g/mol. The van der Waals surface area contributed by atoms with E-state index in [1.165, 1.54) is 109 Å². The van der Waals surface area contributed by atoms with Crippen LogP contribution in [0, 0.1) is 0 Å². The van der Waals surface area contributed by atoms with Gasteiger partial charge in [0.15, 0.2) is 0 Å². The lowest BCUT2D eigenvalue weighted by atomic mass is 10.0. The van der Waals surface area contributed by atoms with Crippen molar-refractivity contribution in [2.45, 2.75) is 181 Å². The van der Waals surface area contributed by atoms with Gasteiger partial charge in [-0.2, -0.15) is 0 Å². The molecule has 0 spiro atoms. The Bertz CT molecular complexity index is 686. The van der Waals surface area contributed by atoms with Gasteiger partial charge in [-0.05, 0) is 51.4 Å². The second kappa shape index (κ2) is 34.3. The summed E-state index contributed by atoms with van der Waals surface area (Å²) in [4.78, 5) is 23.8. The van der Waals surface area contributed by atoms with Gasteiger partial charge in [0, 0.05) is 12.8 Å². The number of carbonyl (C=O) groups excluding carboxylic acids is 2. The summed E-state index contributed by atoms with van der Waals surface area (Å²) in [5, 5.41) is 0. The topological polar surface area (TPSA) is 43.4 Å². The van der Waals surface area contributed by atoms with E-state index in [0.29, 0.717) is 12.8 Å². The van der Waals surface area contributed by atoms with Crippen LogP contribution in [0.1, 0.15) is 181 Å². The van der Waals surface area contributed by atoms with Gasteiger partial charge in [0.2, 0.25) is 0 Å². The monoisotopic (exact) mass is 571 g/mol. The maximum atomic E-state index is 11.9. The Hall–Kier alpha value is -1.90. The fourth-order valence-electron chi connectivity index (χ4n) is 4.79. The van der Waals surface area contributed by atoms with Gasteiger partial charge in [-0.15, -0.1) is 0 Å². The van der Waals surface area contributed by atoms with Gasteiger partial charge in [-0.3, -0.25) is 9.59 Å². The predicted molar refractivity (Wildman–Crippen MR) is 179 cm³/mol. The average Bonchev–Trinajstić information content (AvgIpc) is 2.96. The van der Waals surface area contributed by atoms with Crippen molar-refractivity contribution in [1.29, 1.82) is 0 Å². The van der Waals surface area contributed by atoms with E-state index in [-0.39, 0.29) is 11.9 Å². The zero-order valence-corrected chi connectivity index (χ0v) is 27.2. The molecule has 41 heavy (non-hydrogen) atoms. The Kier molecular flexibility index (Phi) is 32.7. The van der Waals surface area contributed by atoms with Gasteiger partial charge in [-0.1, -0.05) is 165 Å². The second-order valence-electron chi connectivity index (χ2n) is 11.5. The van der Waals surface area contributed by atoms with E-state index >= 15 is 0 Å². The third kappa shape index (κ3) is 34.2. The van der Waals surface area contributed by atoms with E-state index in [2.05, 4.69) is 62.5 Å². The fraction of sp³-hybridized carbons (Fsp3) is 0.737. The number of rotatable bonds is 30. The highest BCUT2D eigenvalue weighted by Gasteiger charge is 2.09. The molecule has 0 fully saturated rings. The summed E-state index contributed by atoms with van der Waals surface area (Å²) in [7, 11) is 0. The molecule has 0 aromatic heterocycles. The third-order valence-electron chi connectivity index (χ3n) is 7.42. The van der Waals surface area contributed by atoms with E-state index < -0.39 is 0 Å². The molecule has 0 rings (SSSR count). The van der Waals surface area contributed by atoms with Crippen molar-refractivity contribution in [1.82, 2.24) is 0 Å². The van der Waals surface area contributed by atoms with Gasteiger partial charge in [0.1, 0.15) is 0 Å². The lowest BCUT2D eigenvalue weighted by Gasteiger charge is -2.04. The molecular formula is C38H66O3. The van der Waals surface area contributed by atoms with Crippen molar-refractivity contribution in [2.75, 3.05) is 0 Å². The predicted octanol–water partition coefficient (Wildman–Crippen LogP) is 12.5. The van der Waals surface area contributed by atoms with Crippen LogP contribution in [0.25, 0.3) is 0 Å². The highest BCUT2D eigenvalue weighted by atomic mass is 16.6. The van der Waals surface area contributed by atoms with Crippen molar-refractivity contribution in [3.63, 3.8) is 0 Å². The largest absolute Gasteiger partial charge is 0.393 e. The van der Waals surface area contributed by atoms with Crippen molar-refractivity contribution in [3.05, 3.63) is 48.6 Å². The molecule has 0 aliphatic carbocycles.